The lowest BCUT2D eigenvalue weighted by atomic mass is 9.95. The fourth-order valence-corrected chi connectivity index (χ4v) is 3.21. The van der Waals surface area contributed by atoms with Gasteiger partial charge in [-0.1, -0.05) is 25.1 Å². The van der Waals surface area contributed by atoms with Crippen molar-refractivity contribution in [2.45, 2.75) is 26.3 Å². The normalized spacial score (nSPS) is 15.6. The van der Waals surface area contributed by atoms with Gasteiger partial charge in [-0.2, -0.15) is 5.10 Å². The standard InChI is InChI=1S/C18H25N5O/c1-2-19-11-15-7-9-22(10-8-15)18(24)17-6-4-3-5-16(17)12-23-14-20-13-21-23/h3-6,13-15,19H,2,7-12H2,1H3. The number of carbonyl (C=O) groups excluding carboxylic acids is 1. The lowest BCUT2D eigenvalue weighted by Gasteiger charge is -2.32. The maximum Gasteiger partial charge on any atom is 0.254 e. The fourth-order valence-electron chi connectivity index (χ4n) is 3.21. The Hall–Kier alpha value is -2.21. The van der Waals surface area contributed by atoms with E-state index in [1.165, 1.54) is 6.33 Å². The Bertz CT molecular complexity index is 647. The van der Waals surface area contributed by atoms with E-state index in [1.54, 1.807) is 11.0 Å². The summed E-state index contributed by atoms with van der Waals surface area (Å²) in [6.45, 7) is 6.44. The molecule has 1 fully saturated rings. The zero-order valence-corrected chi connectivity index (χ0v) is 14.2. The number of hydrogen-bond donors (Lipinski definition) is 1. The number of nitrogens with zero attached hydrogens (tertiary/aromatic N) is 4. The highest BCUT2D eigenvalue weighted by molar-refractivity contribution is 5.95. The van der Waals surface area contributed by atoms with Crippen LogP contribution >= 0.6 is 0 Å². The maximum absolute atomic E-state index is 12.9. The van der Waals surface area contributed by atoms with Gasteiger partial charge in [-0.3, -0.25) is 4.79 Å². The summed E-state index contributed by atoms with van der Waals surface area (Å²) in [7, 11) is 0. The first-order valence-corrected chi connectivity index (χ1v) is 8.68. The Kier molecular flexibility index (Phi) is 5.59. The summed E-state index contributed by atoms with van der Waals surface area (Å²) in [5, 5.41) is 7.55. The third-order valence-electron chi connectivity index (χ3n) is 4.63. The van der Waals surface area contributed by atoms with Crippen LogP contribution in [0.25, 0.3) is 0 Å². The molecule has 0 radical (unpaired) electrons. The van der Waals surface area contributed by atoms with Crippen LogP contribution in [0.2, 0.25) is 0 Å². The smallest absolute Gasteiger partial charge is 0.254 e. The summed E-state index contributed by atoms with van der Waals surface area (Å²) < 4.78 is 1.74. The Morgan fingerprint density at radius 2 is 2.08 bits per heavy atom. The number of hydrogen-bond acceptors (Lipinski definition) is 4. The Balaban J connectivity index is 1.65. The van der Waals surface area contributed by atoms with Crippen molar-refractivity contribution in [3.63, 3.8) is 0 Å². The van der Waals surface area contributed by atoms with E-state index in [4.69, 9.17) is 0 Å². The van der Waals surface area contributed by atoms with Crippen molar-refractivity contribution in [2.24, 2.45) is 5.92 Å². The number of aromatic nitrogens is 3. The van der Waals surface area contributed by atoms with Crippen LogP contribution in [0.1, 0.15) is 35.7 Å². The van der Waals surface area contributed by atoms with E-state index in [0.29, 0.717) is 12.5 Å². The van der Waals surface area contributed by atoms with E-state index in [2.05, 4.69) is 22.3 Å². The summed E-state index contributed by atoms with van der Waals surface area (Å²) in [6.07, 6.45) is 5.33. The van der Waals surface area contributed by atoms with Gasteiger partial charge in [0.05, 0.1) is 6.54 Å². The van der Waals surface area contributed by atoms with Gasteiger partial charge in [-0.05, 0) is 43.5 Å². The largest absolute Gasteiger partial charge is 0.339 e. The summed E-state index contributed by atoms with van der Waals surface area (Å²) >= 11 is 0. The molecule has 6 heteroatoms. The van der Waals surface area contributed by atoms with Crippen LogP contribution in [0.3, 0.4) is 0 Å². The minimum atomic E-state index is 0.132. The molecule has 1 saturated heterocycles. The summed E-state index contributed by atoms with van der Waals surface area (Å²) in [5.74, 6) is 0.812. The summed E-state index contributed by atoms with van der Waals surface area (Å²) in [6, 6.07) is 7.80. The van der Waals surface area contributed by atoms with Crippen molar-refractivity contribution < 1.29 is 4.79 Å². The molecule has 24 heavy (non-hydrogen) atoms. The van der Waals surface area contributed by atoms with Crippen LogP contribution < -0.4 is 5.32 Å². The Labute approximate surface area is 142 Å². The minimum Gasteiger partial charge on any atom is -0.339 e. The van der Waals surface area contributed by atoms with Gasteiger partial charge in [0.25, 0.3) is 5.91 Å². The van der Waals surface area contributed by atoms with Gasteiger partial charge in [0.1, 0.15) is 12.7 Å². The molecule has 0 unspecified atom stereocenters. The van der Waals surface area contributed by atoms with Gasteiger partial charge in [0.2, 0.25) is 0 Å². The van der Waals surface area contributed by atoms with Crippen LogP contribution in [0.4, 0.5) is 0 Å². The van der Waals surface area contributed by atoms with Crippen LogP contribution in [0, 0.1) is 5.92 Å². The Morgan fingerprint density at radius 1 is 1.29 bits per heavy atom. The molecule has 1 aliphatic rings. The van der Waals surface area contributed by atoms with E-state index < -0.39 is 0 Å². The molecule has 0 saturated carbocycles. The molecule has 1 aliphatic heterocycles. The molecule has 3 rings (SSSR count). The van der Waals surface area contributed by atoms with Crippen molar-refractivity contribution in [1.29, 1.82) is 0 Å². The molecule has 1 aromatic carbocycles. The number of carbonyl (C=O) groups is 1. The van der Waals surface area contributed by atoms with Crippen molar-refractivity contribution in [1.82, 2.24) is 25.0 Å². The zero-order chi connectivity index (χ0) is 16.8. The molecule has 128 valence electrons. The molecule has 0 spiro atoms. The van der Waals surface area contributed by atoms with Crippen molar-refractivity contribution in [3.8, 4) is 0 Å². The number of likely N-dealkylation sites (tertiary alicyclic amines) is 1. The highest BCUT2D eigenvalue weighted by Crippen LogP contribution is 2.20. The third kappa shape index (κ3) is 4.00. The van der Waals surface area contributed by atoms with Crippen molar-refractivity contribution in [2.75, 3.05) is 26.2 Å². The first-order valence-electron chi connectivity index (χ1n) is 8.68. The van der Waals surface area contributed by atoms with Gasteiger partial charge in [-0.15, -0.1) is 0 Å². The first kappa shape index (κ1) is 16.6. The van der Waals surface area contributed by atoms with Crippen LogP contribution in [0.15, 0.2) is 36.9 Å². The first-order chi connectivity index (χ1) is 11.8. The zero-order valence-electron chi connectivity index (χ0n) is 14.2. The molecule has 1 N–H and O–H groups in total. The quantitative estimate of drug-likeness (QED) is 0.878. The average Bonchev–Trinajstić information content (AvgIpc) is 3.13. The summed E-state index contributed by atoms with van der Waals surface area (Å²) in [5.41, 5.74) is 1.76. The number of rotatable bonds is 6. The van der Waals surface area contributed by atoms with E-state index in [0.717, 1.165) is 50.1 Å². The average molecular weight is 327 g/mol. The molecule has 2 aromatic rings. The second-order valence-corrected chi connectivity index (χ2v) is 6.29. The fraction of sp³-hybridized carbons (Fsp3) is 0.500. The minimum absolute atomic E-state index is 0.132. The van der Waals surface area contributed by atoms with Crippen LogP contribution in [-0.2, 0) is 6.54 Å². The number of benzene rings is 1. The van der Waals surface area contributed by atoms with E-state index >= 15 is 0 Å². The molecule has 1 aromatic heterocycles. The molecule has 0 atom stereocenters. The van der Waals surface area contributed by atoms with Crippen LogP contribution in [0.5, 0.6) is 0 Å². The molecule has 1 amide bonds. The third-order valence-corrected chi connectivity index (χ3v) is 4.63. The molecule has 0 aliphatic carbocycles. The van der Waals surface area contributed by atoms with Gasteiger partial charge < -0.3 is 10.2 Å². The SMILES string of the molecule is CCNCC1CCN(C(=O)c2ccccc2Cn2cncn2)CC1. The number of amides is 1. The highest BCUT2D eigenvalue weighted by atomic mass is 16.2. The van der Waals surface area contributed by atoms with E-state index in [1.807, 2.05) is 29.2 Å². The van der Waals surface area contributed by atoms with Gasteiger partial charge in [-0.25, -0.2) is 9.67 Å². The van der Waals surface area contributed by atoms with Crippen molar-refractivity contribution in [3.05, 3.63) is 48.0 Å². The molecular weight excluding hydrogens is 302 g/mol. The van der Waals surface area contributed by atoms with Gasteiger partial charge in [0.15, 0.2) is 0 Å². The summed E-state index contributed by atoms with van der Waals surface area (Å²) in [4.78, 5) is 18.9. The number of nitrogens with one attached hydrogen (secondary N) is 1. The highest BCUT2D eigenvalue weighted by Gasteiger charge is 2.24. The maximum atomic E-state index is 12.9. The lowest BCUT2D eigenvalue weighted by molar-refractivity contribution is 0.0689. The van der Waals surface area contributed by atoms with Crippen LogP contribution in [-0.4, -0.2) is 51.8 Å². The monoisotopic (exact) mass is 327 g/mol. The molecule has 6 nitrogen and oxygen atoms in total. The Morgan fingerprint density at radius 3 is 2.79 bits per heavy atom. The topological polar surface area (TPSA) is 63.1 Å². The molecule has 2 heterocycles. The van der Waals surface area contributed by atoms with Gasteiger partial charge in [0, 0.05) is 18.7 Å². The lowest BCUT2D eigenvalue weighted by Crippen LogP contribution is -2.41. The second-order valence-electron chi connectivity index (χ2n) is 6.29. The molecular formula is C18H25N5O. The molecule has 0 bridgehead atoms. The van der Waals surface area contributed by atoms with E-state index in [9.17, 15) is 4.79 Å². The second kappa shape index (κ2) is 8.06. The number of piperidine rings is 1. The van der Waals surface area contributed by atoms with Gasteiger partial charge >= 0.3 is 0 Å². The van der Waals surface area contributed by atoms with Crippen molar-refractivity contribution >= 4 is 5.91 Å². The predicted molar refractivity (Wildman–Crippen MR) is 92.7 cm³/mol. The predicted octanol–water partition coefficient (Wildman–Crippen LogP) is 1.79. The van der Waals surface area contributed by atoms with E-state index in [-0.39, 0.29) is 5.91 Å².